The molecule has 0 aliphatic rings. The molecular weight excluding hydrogens is 328 g/mol. The van der Waals surface area contributed by atoms with Gasteiger partial charge in [0, 0.05) is 6.54 Å². The standard InChI is InChI=1S/C14H15N.C11H17N/c1-15-11-12-7-9-14(10-8-12)13-5-3-2-4-6-13;1-12-10-6-5-9-11-7-3-2-4-8-11/h2-10,15H,11H2,1H3;2-4,7-8,12H,5-6,9-10H2,1H3. The van der Waals surface area contributed by atoms with Crippen molar-refractivity contribution in [2.45, 2.75) is 25.8 Å². The summed E-state index contributed by atoms with van der Waals surface area (Å²) in [6.07, 6.45) is 3.76. The van der Waals surface area contributed by atoms with Crippen LogP contribution in [-0.4, -0.2) is 20.6 Å². The quantitative estimate of drug-likeness (QED) is 0.533. The van der Waals surface area contributed by atoms with E-state index in [2.05, 4.69) is 89.5 Å². The predicted molar refractivity (Wildman–Crippen MR) is 118 cm³/mol. The Bertz CT molecular complexity index is 721. The van der Waals surface area contributed by atoms with Crippen LogP contribution >= 0.6 is 0 Å². The second kappa shape index (κ2) is 12.9. The van der Waals surface area contributed by atoms with E-state index < -0.39 is 0 Å². The molecule has 2 heteroatoms. The lowest BCUT2D eigenvalue weighted by molar-refractivity contribution is 0.677. The summed E-state index contributed by atoms with van der Waals surface area (Å²) in [6, 6.07) is 29.8. The van der Waals surface area contributed by atoms with Gasteiger partial charge in [0.25, 0.3) is 0 Å². The second-order valence-corrected chi connectivity index (χ2v) is 6.64. The summed E-state index contributed by atoms with van der Waals surface area (Å²) < 4.78 is 0. The van der Waals surface area contributed by atoms with Crippen molar-refractivity contribution in [3.05, 3.63) is 96.1 Å². The van der Waals surface area contributed by atoms with E-state index in [1.165, 1.54) is 41.5 Å². The summed E-state index contributed by atoms with van der Waals surface area (Å²) in [5, 5.41) is 6.30. The molecule has 3 aromatic rings. The highest BCUT2D eigenvalue weighted by Gasteiger charge is 1.96. The van der Waals surface area contributed by atoms with Crippen LogP contribution in [0.2, 0.25) is 0 Å². The Labute approximate surface area is 164 Å². The van der Waals surface area contributed by atoms with Gasteiger partial charge in [0.15, 0.2) is 0 Å². The fourth-order valence-corrected chi connectivity index (χ4v) is 2.93. The summed E-state index contributed by atoms with van der Waals surface area (Å²) in [4.78, 5) is 0. The molecule has 0 atom stereocenters. The van der Waals surface area contributed by atoms with Gasteiger partial charge in [0.2, 0.25) is 0 Å². The molecule has 0 fully saturated rings. The molecule has 3 aromatic carbocycles. The maximum atomic E-state index is 3.15. The van der Waals surface area contributed by atoms with Crippen LogP contribution < -0.4 is 10.6 Å². The number of hydrogen-bond acceptors (Lipinski definition) is 2. The van der Waals surface area contributed by atoms with Crippen LogP contribution in [-0.2, 0) is 13.0 Å². The lowest BCUT2D eigenvalue weighted by atomic mass is 10.0. The fraction of sp³-hybridized carbons (Fsp3) is 0.280. The number of nitrogens with one attached hydrogen (secondary N) is 2. The highest BCUT2D eigenvalue weighted by molar-refractivity contribution is 5.63. The maximum absolute atomic E-state index is 3.15. The molecule has 0 radical (unpaired) electrons. The van der Waals surface area contributed by atoms with E-state index in [1.54, 1.807) is 0 Å². The topological polar surface area (TPSA) is 24.1 Å². The van der Waals surface area contributed by atoms with E-state index in [1.807, 2.05) is 20.2 Å². The smallest absolute Gasteiger partial charge is 0.0202 e. The third-order valence-electron chi connectivity index (χ3n) is 4.43. The van der Waals surface area contributed by atoms with Gasteiger partial charge < -0.3 is 10.6 Å². The molecule has 0 heterocycles. The first kappa shape index (κ1) is 20.9. The van der Waals surface area contributed by atoms with Crippen LogP contribution in [0, 0.1) is 0 Å². The van der Waals surface area contributed by atoms with Gasteiger partial charge >= 0.3 is 0 Å². The average molecular weight is 361 g/mol. The van der Waals surface area contributed by atoms with Gasteiger partial charge in [-0.05, 0) is 62.2 Å². The van der Waals surface area contributed by atoms with E-state index in [9.17, 15) is 0 Å². The Balaban J connectivity index is 0.000000199. The first-order chi connectivity index (χ1) is 13.3. The normalized spacial score (nSPS) is 10.1. The first-order valence-electron chi connectivity index (χ1n) is 9.81. The van der Waals surface area contributed by atoms with Gasteiger partial charge in [-0.2, -0.15) is 0 Å². The number of hydrogen-bond donors (Lipinski definition) is 2. The summed E-state index contributed by atoms with van der Waals surface area (Å²) >= 11 is 0. The molecule has 0 spiro atoms. The molecule has 142 valence electrons. The zero-order chi connectivity index (χ0) is 19.2. The van der Waals surface area contributed by atoms with Crippen molar-refractivity contribution in [3.8, 4) is 11.1 Å². The van der Waals surface area contributed by atoms with Crippen molar-refractivity contribution < 1.29 is 0 Å². The van der Waals surface area contributed by atoms with Gasteiger partial charge in [-0.15, -0.1) is 0 Å². The third-order valence-corrected chi connectivity index (χ3v) is 4.43. The Hall–Kier alpha value is -2.42. The summed E-state index contributed by atoms with van der Waals surface area (Å²) in [5.41, 5.74) is 5.31. The average Bonchev–Trinajstić information content (AvgIpc) is 2.74. The van der Waals surface area contributed by atoms with Crippen LogP contribution in [0.4, 0.5) is 0 Å². The third kappa shape index (κ3) is 8.21. The molecule has 0 saturated heterocycles. The van der Waals surface area contributed by atoms with Crippen molar-refractivity contribution in [1.82, 2.24) is 10.6 Å². The minimum Gasteiger partial charge on any atom is -0.320 e. The van der Waals surface area contributed by atoms with Crippen LogP contribution in [0.1, 0.15) is 24.0 Å². The van der Waals surface area contributed by atoms with E-state index in [-0.39, 0.29) is 0 Å². The van der Waals surface area contributed by atoms with Gasteiger partial charge in [-0.3, -0.25) is 0 Å². The van der Waals surface area contributed by atoms with E-state index >= 15 is 0 Å². The summed E-state index contributed by atoms with van der Waals surface area (Å²) in [6.45, 7) is 2.06. The monoisotopic (exact) mass is 360 g/mol. The number of rotatable bonds is 8. The summed E-state index contributed by atoms with van der Waals surface area (Å²) in [7, 11) is 3.97. The Morgan fingerprint density at radius 1 is 0.556 bits per heavy atom. The van der Waals surface area contributed by atoms with Gasteiger partial charge in [0.05, 0.1) is 0 Å². The van der Waals surface area contributed by atoms with Crippen LogP contribution in [0.15, 0.2) is 84.9 Å². The van der Waals surface area contributed by atoms with Crippen molar-refractivity contribution in [3.63, 3.8) is 0 Å². The Morgan fingerprint density at radius 3 is 1.74 bits per heavy atom. The molecule has 0 aliphatic carbocycles. The van der Waals surface area contributed by atoms with Crippen molar-refractivity contribution in [2.75, 3.05) is 20.6 Å². The Kier molecular flexibility index (Phi) is 9.95. The van der Waals surface area contributed by atoms with Gasteiger partial charge in [0.1, 0.15) is 0 Å². The molecule has 0 saturated carbocycles. The molecule has 2 N–H and O–H groups in total. The second-order valence-electron chi connectivity index (χ2n) is 6.64. The molecule has 0 amide bonds. The highest BCUT2D eigenvalue weighted by Crippen LogP contribution is 2.18. The van der Waals surface area contributed by atoms with Crippen molar-refractivity contribution in [2.24, 2.45) is 0 Å². The molecule has 27 heavy (non-hydrogen) atoms. The van der Waals surface area contributed by atoms with Crippen molar-refractivity contribution in [1.29, 1.82) is 0 Å². The van der Waals surface area contributed by atoms with E-state index in [0.29, 0.717) is 0 Å². The van der Waals surface area contributed by atoms with Crippen LogP contribution in [0.5, 0.6) is 0 Å². The number of benzene rings is 3. The van der Waals surface area contributed by atoms with E-state index in [0.717, 1.165) is 13.1 Å². The minimum atomic E-state index is 0.926. The number of unbranched alkanes of at least 4 members (excludes halogenated alkanes) is 1. The van der Waals surface area contributed by atoms with Crippen molar-refractivity contribution >= 4 is 0 Å². The molecule has 0 aromatic heterocycles. The zero-order valence-corrected chi connectivity index (χ0v) is 16.6. The lowest BCUT2D eigenvalue weighted by Crippen LogP contribution is -2.07. The Morgan fingerprint density at radius 2 is 1.15 bits per heavy atom. The lowest BCUT2D eigenvalue weighted by Gasteiger charge is -2.03. The van der Waals surface area contributed by atoms with Gasteiger partial charge in [-0.1, -0.05) is 84.9 Å². The molecule has 2 nitrogen and oxygen atoms in total. The van der Waals surface area contributed by atoms with Crippen LogP contribution in [0.25, 0.3) is 11.1 Å². The predicted octanol–water partition coefficient (Wildman–Crippen LogP) is 5.30. The first-order valence-corrected chi connectivity index (χ1v) is 9.81. The molecule has 0 bridgehead atoms. The molecule has 0 unspecified atom stereocenters. The molecular formula is C25H32N2. The highest BCUT2D eigenvalue weighted by atomic mass is 14.8. The zero-order valence-electron chi connectivity index (χ0n) is 16.6. The molecule has 0 aliphatic heterocycles. The number of aryl methyl sites for hydroxylation is 1. The summed E-state index contributed by atoms with van der Waals surface area (Å²) in [5.74, 6) is 0. The largest absolute Gasteiger partial charge is 0.320 e. The van der Waals surface area contributed by atoms with E-state index in [4.69, 9.17) is 0 Å². The fourth-order valence-electron chi connectivity index (χ4n) is 2.93. The minimum absolute atomic E-state index is 0.926. The SMILES string of the molecule is CNCCCCc1ccccc1.CNCc1ccc(-c2ccccc2)cc1. The molecule has 3 rings (SSSR count). The van der Waals surface area contributed by atoms with Gasteiger partial charge in [-0.25, -0.2) is 0 Å². The maximum Gasteiger partial charge on any atom is 0.0202 e. The van der Waals surface area contributed by atoms with Crippen LogP contribution in [0.3, 0.4) is 0 Å².